The Kier molecular flexibility index (Phi) is 6.22. The van der Waals surface area contributed by atoms with E-state index in [4.69, 9.17) is 16.3 Å². The van der Waals surface area contributed by atoms with Gasteiger partial charge in [0.1, 0.15) is 0 Å². The summed E-state index contributed by atoms with van der Waals surface area (Å²) in [5, 5.41) is 7.26. The number of carbonyl (C=O) groups excluding carboxylic acids is 2. The number of hydrogen-bond acceptors (Lipinski definition) is 5. The van der Waals surface area contributed by atoms with Crippen LogP contribution in [0.4, 0.5) is 5.69 Å². The van der Waals surface area contributed by atoms with Gasteiger partial charge >= 0.3 is 5.97 Å². The van der Waals surface area contributed by atoms with E-state index in [0.29, 0.717) is 11.5 Å². The van der Waals surface area contributed by atoms with E-state index >= 15 is 0 Å². The molecule has 0 saturated heterocycles. The summed E-state index contributed by atoms with van der Waals surface area (Å²) in [6.45, 7) is 9.11. The highest BCUT2D eigenvalue weighted by atomic mass is 35.5. The number of anilines is 1. The molecule has 8 heteroatoms. The molecule has 1 aromatic carbocycles. The number of pyridine rings is 1. The molecule has 0 aliphatic rings. The molecule has 156 valence electrons. The minimum Gasteiger partial charge on any atom is -0.448 e. The molecule has 0 bridgehead atoms. The summed E-state index contributed by atoms with van der Waals surface area (Å²) in [5.41, 5.74) is 4.29. The fraction of sp³-hybridized carbons (Fsp3) is 0.273. The third-order valence-electron chi connectivity index (χ3n) is 4.54. The average Bonchev–Trinajstić information content (AvgIpc) is 3.02. The van der Waals surface area contributed by atoms with Gasteiger partial charge in [0.25, 0.3) is 5.91 Å². The number of nitrogens with zero attached hydrogens (tertiary/aromatic N) is 3. The molecule has 0 fully saturated rings. The predicted molar refractivity (Wildman–Crippen MR) is 115 cm³/mol. The van der Waals surface area contributed by atoms with Crippen molar-refractivity contribution in [3.05, 3.63) is 69.6 Å². The number of hydrogen-bond donors (Lipinski definition) is 1. The van der Waals surface area contributed by atoms with E-state index in [2.05, 4.69) is 15.4 Å². The first kappa shape index (κ1) is 21.5. The first-order chi connectivity index (χ1) is 14.2. The van der Waals surface area contributed by atoms with Crippen LogP contribution in [-0.2, 0) is 9.53 Å². The minimum atomic E-state index is -1.03. The molecule has 0 spiro atoms. The SMILES string of the molecule is Cc1ccc(NC(=O)C(C)OC(=O)c2nc(-n3nc(C)cc3C)ccc2Cl)c(C)c1. The molecular weight excluding hydrogens is 404 g/mol. The van der Waals surface area contributed by atoms with Crippen LogP contribution in [-0.4, -0.2) is 32.7 Å². The number of halogens is 1. The number of esters is 1. The van der Waals surface area contributed by atoms with Gasteiger partial charge in [0, 0.05) is 11.4 Å². The van der Waals surface area contributed by atoms with Crippen LogP contribution in [0.2, 0.25) is 5.02 Å². The van der Waals surface area contributed by atoms with Gasteiger partial charge in [-0.2, -0.15) is 5.10 Å². The molecule has 0 aliphatic carbocycles. The van der Waals surface area contributed by atoms with Gasteiger partial charge in [0.05, 0.1) is 10.7 Å². The van der Waals surface area contributed by atoms with Crippen molar-refractivity contribution in [2.45, 2.75) is 40.7 Å². The summed E-state index contributed by atoms with van der Waals surface area (Å²) >= 11 is 6.16. The Balaban J connectivity index is 1.75. The summed E-state index contributed by atoms with van der Waals surface area (Å²) in [5.74, 6) is -0.794. The van der Waals surface area contributed by atoms with E-state index in [9.17, 15) is 9.59 Å². The largest absolute Gasteiger partial charge is 0.448 e. The number of nitrogens with one attached hydrogen (secondary N) is 1. The van der Waals surface area contributed by atoms with Crippen LogP contribution in [0.3, 0.4) is 0 Å². The third kappa shape index (κ3) is 4.68. The highest BCUT2D eigenvalue weighted by molar-refractivity contribution is 6.33. The predicted octanol–water partition coefficient (Wildman–Crippen LogP) is 4.34. The fourth-order valence-electron chi connectivity index (χ4n) is 3.01. The van der Waals surface area contributed by atoms with Crippen LogP contribution in [0, 0.1) is 27.7 Å². The molecule has 0 saturated carbocycles. The number of amides is 1. The number of rotatable bonds is 5. The van der Waals surface area contributed by atoms with Gasteiger partial charge in [-0.1, -0.05) is 29.3 Å². The van der Waals surface area contributed by atoms with Crippen molar-refractivity contribution in [3.63, 3.8) is 0 Å². The molecule has 0 radical (unpaired) electrons. The lowest BCUT2D eigenvalue weighted by atomic mass is 10.1. The van der Waals surface area contributed by atoms with Gasteiger partial charge in [0.2, 0.25) is 0 Å². The van der Waals surface area contributed by atoms with E-state index in [0.717, 1.165) is 22.5 Å². The fourth-order valence-corrected chi connectivity index (χ4v) is 3.19. The van der Waals surface area contributed by atoms with Crippen molar-refractivity contribution >= 4 is 29.2 Å². The van der Waals surface area contributed by atoms with Crippen LogP contribution < -0.4 is 5.32 Å². The zero-order valence-electron chi connectivity index (χ0n) is 17.5. The van der Waals surface area contributed by atoms with Crippen molar-refractivity contribution in [1.29, 1.82) is 0 Å². The zero-order valence-corrected chi connectivity index (χ0v) is 18.2. The number of aromatic nitrogens is 3. The molecule has 7 nitrogen and oxygen atoms in total. The quantitative estimate of drug-likeness (QED) is 0.613. The maximum absolute atomic E-state index is 12.6. The van der Waals surface area contributed by atoms with Crippen molar-refractivity contribution in [2.75, 3.05) is 5.32 Å². The molecular formula is C22H23ClN4O3. The molecule has 1 unspecified atom stereocenters. The number of aryl methyl sites for hydroxylation is 4. The molecule has 30 heavy (non-hydrogen) atoms. The highest BCUT2D eigenvalue weighted by Gasteiger charge is 2.23. The normalized spacial score (nSPS) is 11.8. The Labute approximate surface area is 180 Å². The lowest BCUT2D eigenvalue weighted by molar-refractivity contribution is -0.123. The minimum absolute atomic E-state index is 0.0760. The summed E-state index contributed by atoms with van der Waals surface area (Å²) in [6.07, 6.45) is -1.03. The first-order valence-corrected chi connectivity index (χ1v) is 9.83. The maximum Gasteiger partial charge on any atom is 0.359 e. The second kappa shape index (κ2) is 8.67. The average molecular weight is 427 g/mol. The van der Waals surface area contributed by atoms with E-state index < -0.39 is 18.0 Å². The maximum atomic E-state index is 12.6. The molecule has 2 heterocycles. The zero-order chi connectivity index (χ0) is 22.0. The van der Waals surface area contributed by atoms with Crippen LogP contribution in [0.1, 0.15) is 39.9 Å². The number of benzene rings is 1. The topological polar surface area (TPSA) is 86.1 Å². The van der Waals surface area contributed by atoms with Gasteiger partial charge in [-0.05, 0) is 64.4 Å². The Morgan fingerprint density at radius 3 is 2.47 bits per heavy atom. The molecule has 3 aromatic rings. The lowest BCUT2D eigenvalue weighted by Crippen LogP contribution is -2.30. The van der Waals surface area contributed by atoms with Crippen LogP contribution in [0.15, 0.2) is 36.4 Å². The molecule has 2 aromatic heterocycles. The second-order valence-corrected chi connectivity index (χ2v) is 7.60. The van der Waals surface area contributed by atoms with Crippen molar-refractivity contribution < 1.29 is 14.3 Å². The van der Waals surface area contributed by atoms with E-state index in [1.165, 1.54) is 6.92 Å². The first-order valence-electron chi connectivity index (χ1n) is 9.45. The van der Waals surface area contributed by atoms with Crippen molar-refractivity contribution in [1.82, 2.24) is 14.8 Å². The standard InChI is InChI=1S/C22H23ClN4O3/c1-12-6-8-18(13(2)10-12)24-21(28)16(5)30-22(29)20-17(23)7-9-19(25-20)27-15(4)11-14(3)26-27/h6-11,16H,1-5H3,(H,24,28). The van der Waals surface area contributed by atoms with E-state index in [-0.39, 0.29) is 10.7 Å². The molecule has 0 aliphatic heterocycles. The molecule has 3 rings (SSSR count). The summed E-state index contributed by atoms with van der Waals surface area (Å²) in [6, 6.07) is 10.8. The molecule has 1 N–H and O–H groups in total. The Morgan fingerprint density at radius 1 is 1.10 bits per heavy atom. The van der Waals surface area contributed by atoms with Crippen molar-refractivity contribution in [2.24, 2.45) is 0 Å². The molecule has 1 atom stereocenters. The van der Waals surface area contributed by atoms with E-state index in [1.807, 2.05) is 52.0 Å². The Morgan fingerprint density at radius 2 is 1.83 bits per heavy atom. The van der Waals surface area contributed by atoms with Crippen LogP contribution in [0.5, 0.6) is 0 Å². The number of ether oxygens (including phenoxy) is 1. The lowest BCUT2D eigenvalue weighted by Gasteiger charge is -2.15. The van der Waals surface area contributed by atoms with Gasteiger partial charge in [0.15, 0.2) is 17.6 Å². The van der Waals surface area contributed by atoms with E-state index in [1.54, 1.807) is 16.8 Å². The van der Waals surface area contributed by atoms with Gasteiger partial charge in [-0.3, -0.25) is 4.79 Å². The number of carbonyl (C=O) groups is 2. The van der Waals surface area contributed by atoms with Gasteiger partial charge in [-0.15, -0.1) is 0 Å². The smallest absolute Gasteiger partial charge is 0.359 e. The monoisotopic (exact) mass is 426 g/mol. The van der Waals surface area contributed by atoms with Crippen LogP contribution >= 0.6 is 11.6 Å². The summed E-state index contributed by atoms with van der Waals surface area (Å²) in [7, 11) is 0. The Hall–Kier alpha value is -3.19. The summed E-state index contributed by atoms with van der Waals surface area (Å²) in [4.78, 5) is 29.4. The second-order valence-electron chi connectivity index (χ2n) is 7.19. The van der Waals surface area contributed by atoms with Gasteiger partial charge < -0.3 is 10.1 Å². The van der Waals surface area contributed by atoms with Crippen LogP contribution in [0.25, 0.3) is 5.82 Å². The van der Waals surface area contributed by atoms with Crippen molar-refractivity contribution in [3.8, 4) is 5.82 Å². The van der Waals surface area contributed by atoms with Gasteiger partial charge in [-0.25, -0.2) is 14.5 Å². The summed E-state index contributed by atoms with van der Waals surface area (Å²) < 4.78 is 6.92. The highest BCUT2D eigenvalue weighted by Crippen LogP contribution is 2.20. The third-order valence-corrected chi connectivity index (χ3v) is 4.85. The Bertz CT molecular complexity index is 1120. The molecule has 1 amide bonds.